The number of nitrogens with zero attached hydrogens (tertiary/aromatic N) is 1. The van der Waals surface area contributed by atoms with Gasteiger partial charge in [0.1, 0.15) is 11.6 Å². The fourth-order valence-corrected chi connectivity index (χ4v) is 5.67. The smallest absolute Gasteiger partial charge is 0.253 e. The molecule has 34 heavy (non-hydrogen) atoms. The Balaban J connectivity index is 1.74. The zero-order valence-corrected chi connectivity index (χ0v) is 19.5. The number of anilines is 1. The molecular weight excluding hydrogens is 436 g/mol. The van der Waals surface area contributed by atoms with E-state index in [1.165, 1.54) is 24.6 Å². The van der Waals surface area contributed by atoms with E-state index in [4.69, 9.17) is 5.73 Å². The zero-order chi connectivity index (χ0) is 24.2. The first-order valence-corrected chi connectivity index (χ1v) is 11.9. The van der Waals surface area contributed by atoms with E-state index in [2.05, 4.69) is 5.32 Å². The fourth-order valence-electron chi connectivity index (χ4n) is 5.67. The Kier molecular flexibility index (Phi) is 5.46. The van der Waals surface area contributed by atoms with Crippen molar-refractivity contribution >= 4 is 28.4 Å². The molecule has 0 radical (unpaired) electrons. The SMILES string of the molecule is CC1(C)CC(=O)n2c(c(-c3cc(F)c(C(N)=O)c(NC4CCCCC4)c3)c3ccc(F)cc32)C1. The average Bonchev–Trinajstić information content (AvgIpc) is 3.05. The molecule has 2 aliphatic rings. The number of primary amides is 1. The van der Waals surface area contributed by atoms with E-state index in [0.29, 0.717) is 40.6 Å². The van der Waals surface area contributed by atoms with Gasteiger partial charge in [-0.1, -0.05) is 33.1 Å². The number of nitrogens with one attached hydrogen (secondary N) is 1. The second kappa shape index (κ2) is 8.22. The van der Waals surface area contributed by atoms with Crippen LogP contribution < -0.4 is 11.1 Å². The molecule has 1 saturated carbocycles. The number of hydrogen-bond donors (Lipinski definition) is 2. The number of carbonyl (C=O) groups is 2. The zero-order valence-electron chi connectivity index (χ0n) is 19.5. The minimum Gasteiger partial charge on any atom is -0.382 e. The summed E-state index contributed by atoms with van der Waals surface area (Å²) >= 11 is 0. The highest BCUT2D eigenvalue weighted by Crippen LogP contribution is 2.44. The number of aromatic nitrogens is 1. The van der Waals surface area contributed by atoms with Gasteiger partial charge in [-0.25, -0.2) is 8.78 Å². The molecule has 5 nitrogen and oxygen atoms in total. The molecule has 0 spiro atoms. The predicted octanol–water partition coefficient (Wildman–Crippen LogP) is 6.04. The molecule has 1 aliphatic heterocycles. The van der Waals surface area contributed by atoms with Crippen LogP contribution in [0.15, 0.2) is 30.3 Å². The van der Waals surface area contributed by atoms with Gasteiger partial charge in [0.25, 0.3) is 5.91 Å². The maximum Gasteiger partial charge on any atom is 0.253 e. The molecule has 178 valence electrons. The maximum atomic E-state index is 15.4. The van der Waals surface area contributed by atoms with E-state index in [0.717, 1.165) is 31.4 Å². The van der Waals surface area contributed by atoms with E-state index in [9.17, 15) is 14.0 Å². The summed E-state index contributed by atoms with van der Waals surface area (Å²) in [4.78, 5) is 25.2. The number of nitrogens with two attached hydrogens (primary N) is 1. The number of halogens is 2. The van der Waals surface area contributed by atoms with E-state index in [1.54, 1.807) is 16.7 Å². The Morgan fingerprint density at radius 1 is 1.09 bits per heavy atom. The van der Waals surface area contributed by atoms with Crippen LogP contribution in [0.4, 0.5) is 14.5 Å². The van der Waals surface area contributed by atoms with Crippen LogP contribution in [0.1, 0.15) is 73.2 Å². The van der Waals surface area contributed by atoms with Gasteiger partial charge < -0.3 is 11.1 Å². The largest absolute Gasteiger partial charge is 0.382 e. The summed E-state index contributed by atoms with van der Waals surface area (Å²) in [6.45, 7) is 4.03. The predicted molar refractivity (Wildman–Crippen MR) is 129 cm³/mol. The number of amides is 1. The Morgan fingerprint density at radius 2 is 1.82 bits per heavy atom. The second-order valence-corrected chi connectivity index (χ2v) is 10.5. The summed E-state index contributed by atoms with van der Waals surface area (Å²) in [7, 11) is 0. The van der Waals surface area contributed by atoms with E-state index >= 15 is 4.39 Å². The third-order valence-electron chi connectivity index (χ3n) is 7.14. The molecule has 3 aromatic rings. The van der Waals surface area contributed by atoms with Crippen molar-refractivity contribution in [1.29, 1.82) is 0 Å². The van der Waals surface area contributed by atoms with Gasteiger partial charge in [0.05, 0.1) is 16.8 Å². The lowest BCUT2D eigenvalue weighted by atomic mass is 9.80. The summed E-state index contributed by atoms with van der Waals surface area (Å²) in [5, 5.41) is 4.04. The molecule has 2 heterocycles. The van der Waals surface area contributed by atoms with Crippen molar-refractivity contribution in [3.63, 3.8) is 0 Å². The monoisotopic (exact) mass is 465 g/mol. The Hall–Kier alpha value is -3.22. The molecule has 0 atom stereocenters. The third-order valence-corrected chi connectivity index (χ3v) is 7.14. The van der Waals surface area contributed by atoms with Gasteiger partial charge in [-0.05, 0) is 60.6 Å². The van der Waals surface area contributed by atoms with Crippen LogP contribution in [-0.2, 0) is 6.42 Å². The van der Waals surface area contributed by atoms with Crippen LogP contribution in [0, 0.1) is 17.0 Å². The molecule has 1 fully saturated rings. The van der Waals surface area contributed by atoms with Crippen molar-refractivity contribution in [2.24, 2.45) is 11.1 Å². The highest BCUT2D eigenvalue weighted by Gasteiger charge is 2.35. The number of carbonyl (C=O) groups excluding carboxylic acids is 2. The maximum absolute atomic E-state index is 15.4. The van der Waals surface area contributed by atoms with E-state index < -0.39 is 17.5 Å². The van der Waals surface area contributed by atoms with E-state index in [-0.39, 0.29) is 22.9 Å². The fraction of sp³-hybridized carbons (Fsp3) is 0.407. The van der Waals surface area contributed by atoms with Crippen molar-refractivity contribution in [2.45, 2.75) is 64.8 Å². The topological polar surface area (TPSA) is 77.1 Å². The summed E-state index contributed by atoms with van der Waals surface area (Å²) < 4.78 is 31.1. The van der Waals surface area contributed by atoms with Crippen LogP contribution >= 0.6 is 0 Å². The van der Waals surface area contributed by atoms with Crippen LogP contribution in [0.3, 0.4) is 0 Å². The van der Waals surface area contributed by atoms with Crippen molar-refractivity contribution in [2.75, 3.05) is 5.32 Å². The first-order chi connectivity index (χ1) is 16.1. The minimum absolute atomic E-state index is 0.108. The summed E-state index contributed by atoms with van der Waals surface area (Å²) in [6, 6.07) is 7.53. The molecule has 0 bridgehead atoms. The summed E-state index contributed by atoms with van der Waals surface area (Å²) in [6.07, 6.45) is 6.11. The average molecular weight is 466 g/mol. The van der Waals surface area contributed by atoms with Gasteiger partial charge in [-0.15, -0.1) is 0 Å². The van der Waals surface area contributed by atoms with Gasteiger partial charge in [-0.3, -0.25) is 14.2 Å². The van der Waals surface area contributed by atoms with Gasteiger partial charge in [0.2, 0.25) is 5.91 Å². The lowest BCUT2D eigenvalue weighted by Gasteiger charge is -2.31. The highest BCUT2D eigenvalue weighted by molar-refractivity contribution is 6.06. The van der Waals surface area contributed by atoms with Gasteiger partial charge >= 0.3 is 0 Å². The van der Waals surface area contributed by atoms with Crippen molar-refractivity contribution in [1.82, 2.24) is 4.57 Å². The summed E-state index contributed by atoms with van der Waals surface area (Å²) in [5.74, 6) is -2.08. The van der Waals surface area contributed by atoms with Crippen molar-refractivity contribution in [3.8, 4) is 11.1 Å². The third kappa shape index (κ3) is 3.87. The Morgan fingerprint density at radius 3 is 2.53 bits per heavy atom. The van der Waals surface area contributed by atoms with Gasteiger partial charge in [0, 0.05) is 29.1 Å². The molecule has 0 saturated heterocycles. The molecule has 1 aliphatic carbocycles. The number of fused-ring (bicyclic) bond motifs is 3. The lowest BCUT2D eigenvalue weighted by Crippen LogP contribution is -2.31. The minimum atomic E-state index is -0.829. The number of rotatable bonds is 4. The first kappa shape index (κ1) is 22.6. The van der Waals surface area contributed by atoms with Crippen LogP contribution in [-0.4, -0.2) is 22.4 Å². The number of hydrogen-bond acceptors (Lipinski definition) is 3. The second-order valence-electron chi connectivity index (χ2n) is 10.5. The van der Waals surface area contributed by atoms with Crippen molar-refractivity contribution < 1.29 is 18.4 Å². The Labute approximate surface area is 197 Å². The number of benzene rings is 2. The quantitative estimate of drug-likeness (QED) is 0.493. The van der Waals surface area contributed by atoms with Crippen molar-refractivity contribution in [3.05, 3.63) is 53.2 Å². The summed E-state index contributed by atoms with van der Waals surface area (Å²) in [5.41, 5.74) is 7.91. The van der Waals surface area contributed by atoms with Gasteiger partial charge in [-0.2, -0.15) is 0 Å². The highest BCUT2D eigenvalue weighted by atomic mass is 19.1. The standard InChI is InChI=1S/C27H29F2N3O2/c1-27(2)13-22-24(18-9-8-16(28)12-21(18)32(22)23(33)14-27)15-10-19(29)25(26(30)34)20(11-15)31-17-6-4-3-5-7-17/h8-12,17,31H,3-7,13-14H2,1-2H3,(H2,30,34). The Bertz CT molecular complexity index is 1320. The molecule has 5 rings (SSSR count). The molecule has 0 unspecified atom stereocenters. The lowest BCUT2D eigenvalue weighted by molar-refractivity contribution is 0.0816. The van der Waals surface area contributed by atoms with Gasteiger partial charge in [0.15, 0.2) is 0 Å². The normalized spacial score (nSPS) is 18.2. The van der Waals surface area contributed by atoms with Crippen LogP contribution in [0.25, 0.3) is 22.0 Å². The first-order valence-electron chi connectivity index (χ1n) is 11.9. The van der Waals surface area contributed by atoms with Crippen LogP contribution in [0.2, 0.25) is 0 Å². The molecule has 2 aromatic carbocycles. The molecule has 1 amide bonds. The molecule has 7 heteroatoms. The van der Waals surface area contributed by atoms with Crippen LogP contribution in [0.5, 0.6) is 0 Å². The molecular formula is C27H29F2N3O2. The molecule has 3 N–H and O–H groups in total. The molecule has 1 aromatic heterocycles. The van der Waals surface area contributed by atoms with E-state index in [1.807, 2.05) is 13.8 Å².